The highest BCUT2D eigenvalue weighted by atomic mass is 16.2. The predicted octanol–water partition coefficient (Wildman–Crippen LogP) is 2.53. The standard InChI is InChI=1S/C21H27N3O/c1-17(24-15-13-23(2)14-16-24)21(25)22-20(18-9-5-3-6-10-18)19-11-7-4-8-12-19/h3-12,17,20H,13-16H2,1-2H3,(H,22,25)/t17-/m0/s1. The molecule has 1 aliphatic rings. The molecule has 1 heterocycles. The van der Waals surface area contributed by atoms with Crippen LogP contribution in [-0.4, -0.2) is 55.0 Å². The molecule has 4 heteroatoms. The lowest BCUT2D eigenvalue weighted by atomic mass is 9.98. The second-order valence-corrected chi connectivity index (χ2v) is 6.78. The number of carbonyl (C=O) groups excluding carboxylic acids is 1. The molecule has 0 radical (unpaired) electrons. The van der Waals surface area contributed by atoms with Gasteiger partial charge in [0.2, 0.25) is 5.91 Å². The third kappa shape index (κ3) is 4.47. The van der Waals surface area contributed by atoms with E-state index in [1.807, 2.05) is 43.3 Å². The molecule has 4 nitrogen and oxygen atoms in total. The Morgan fingerprint density at radius 2 is 1.36 bits per heavy atom. The van der Waals surface area contributed by atoms with Crippen LogP contribution in [0.2, 0.25) is 0 Å². The fraction of sp³-hybridized carbons (Fsp3) is 0.381. The van der Waals surface area contributed by atoms with Gasteiger partial charge < -0.3 is 10.2 Å². The summed E-state index contributed by atoms with van der Waals surface area (Å²) >= 11 is 0. The van der Waals surface area contributed by atoms with Gasteiger partial charge in [0, 0.05) is 26.2 Å². The second kappa shape index (κ2) is 8.28. The molecular formula is C21H27N3O. The first-order valence-corrected chi connectivity index (χ1v) is 8.98. The van der Waals surface area contributed by atoms with Gasteiger partial charge in [0.1, 0.15) is 0 Å². The molecule has 2 aromatic rings. The van der Waals surface area contributed by atoms with Gasteiger partial charge in [-0.2, -0.15) is 0 Å². The lowest BCUT2D eigenvalue weighted by Gasteiger charge is -2.36. The third-order valence-electron chi connectivity index (χ3n) is 5.02. The summed E-state index contributed by atoms with van der Waals surface area (Å²) in [6.07, 6.45) is 0. The number of nitrogens with one attached hydrogen (secondary N) is 1. The highest BCUT2D eigenvalue weighted by Gasteiger charge is 2.26. The van der Waals surface area contributed by atoms with Gasteiger partial charge in [-0.15, -0.1) is 0 Å². The fourth-order valence-corrected chi connectivity index (χ4v) is 3.29. The van der Waals surface area contributed by atoms with E-state index in [0.29, 0.717) is 0 Å². The highest BCUT2D eigenvalue weighted by Crippen LogP contribution is 2.22. The molecule has 0 saturated carbocycles. The molecule has 1 fully saturated rings. The molecule has 0 aromatic heterocycles. The van der Waals surface area contributed by atoms with E-state index < -0.39 is 0 Å². The smallest absolute Gasteiger partial charge is 0.237 e. The number of rotatable bonds is 5. The molecule has 0 bridgehead atoms. The van der Waals surface area contributed by atoms with Crippen molar-refractivity contribution in [2.24, 2.45) is 0 Å². The molecule has 0 spiro atoms. The minimum atomic E-state index is -0.122. The number of nitrogens with zero attached hydrogens (tertiary/aromatic N) is 2. The summed E-state index contributed by atoms with van der Waals surface area (Å²) in [4.78, 5) is 17.5. The molecule has 1 atom stereocenters. The summed E-state index contributed by atoms with van der Waals surface area (Å²) in [7, 11) is 2.13. The van der Waals surface area contributed by atoms with Crippen LogP contribution in [0.1, 0.15) is 24.1 Å². The normalized spacial score (nSPS) is 17.4. The maximum Gasteiger partial charge on any atom is 0.237 e. The predicted molar refractivity (Wildman–Crippen MR) is 101 cm³/mol. The van der Waals surface area contributed by atoms with Crippen molar-refractivity contribution in [2.45, 2.75) is 19.0 Å². The first-order chi connectivity index (χ1) is 12.1. The summed E-state index contributed by atoms with van der Waals surface area (Å²) in [5, 5.41) is 3.26. The SMILES string of the molecule is C[C@@H](C(=O)NC(c1ccccc1)c1ccccc1)N1CCN(C)CC1. The van der Waals surface area contributed by atoms with Crippen LogP contribution in [0.15, 0.2) is 60.7 Å². The van der Waals surface area contributed by atoms with Crippen LogP contribution >= 0.6 is 0 Å². The van der Waals surface area contributed by atoms with Crippen LogP contribution in [0.3, 0.4) is 0 Å². The van der Waals surface area contributed by atoms with Crippen molar-refractivity contribution in [1.29, 1.82) is 0 Å². The van der Waals surface area contributed by atoms with E-state index in [9.17, 15) is 4.79 Å². The summed E-state index contributed by atoms with van der Waals surface area (Å²) in [6, 6.07) is 20.1. The quantitative estimate of drug-likeness (QED) is 0.911. The zero-order chi connectivity index (χ0) is 17.6. The average Bonchev–Trinajstić information content (AvgIpc) is 2.67. The Balaban J connectivity index is 1.75. The molecule has 1 amide bonds. The van der Waals surface area contributed by atoms with Gasteiger partial charge in [0.05, 0.1) is 12.1 Å². The second-order valence-electron chi connectivity index (χ2n) is 6.78. The lowest BCUT2D eigenvalue weighted by molar-refractivity contribution is -0.127. The molecular weight excluding hydrogens is 310 g/mol. The van der Waals surface area contributed by atoms with Crippen molar-refractivity contribution in [3.63, 3.8) is 0 Å². The van der Waals surface area contributed by atoms with Gasteiger partial charge in [0.25, 0.3) is 0 Å². The van der Waals surface area contributed by atoms with E-state index in [0.717, 1.165) is 37.3 Å². The Labute approximate surface area is 150 Å². The molecule has 3 rings (SSSR count). The van der Waals surface area contributed by atoms with Crippen LogP contribution in [-0.2, 0) is 4.79 Å². The Bertz CT molecular complexity index is 627. The summed E-state index contributed by atoms with van der Waals surface area (Å²) in [5.74, 6) is 0.0854. The van der Waals surface area contributed by atoms with Crippen LogP contribution < -0.4 is 5.32 Å². The Morgan fingerprint density at radius 1 is 0.880 bits per heavy atom. The Morgan fingerprint density at radius 3 is 1.84 bits per heavy atom. The molecule has 1 N–H and O–H groups in total. The minimum absolute atomic E-state index is 0.0854. The van der Waals surface area contributed by atoms with E-state index in [4.69, 9.17) is 0 Å². The van der Waals surface area contributed by atoms with E-state index in [1.165, 1.54) is 0 Å². The van der Waals surface area contributed by atoms with Crippen molar-refractivity contribution in [2.75, 3.05) is 33.2 Å². The number of hydrogen-bond donors (Lipinski definition) is 1. The molecule has 2 aromatic carbocycles. The van der Waals surface area contributed by atoms with E-state index in [-0.39, 0.29) is 18.0 Å². The van der Waals surface area contributed by atoms with Gasteiger partial charge in [0.15, 0.2) is 0 Å². The van der Waals surface area contributed by atoms with Crippen LogP contribution in [0.5, 0.6) is 0 Å². The molecule has 1 aliphatic heterocycles. The van der Waals surface area contributed by atoms with Gasteiger partial charge in [-0.25, -0.2) is 0 Å². The number of piperazine rings is 1. The van der Waals surface area contributed by atoms with Crippen molar-refractivity contribution < 1.29 is 4.79 Å². The van der Waals surface area contributed by atoms with Crippen LogP contribution in [0.25, 0.3) is 0 Å². The van der Waals surface area contributed by atoms with Gasteiger partial charge in [-0.1, -0.05) is 60.7 Å². The van der Waals surface area contributed by atoms with E-state index in [2.05, 4.69) is 46.4 Å². The number of benzene rings is 2. The maximum atomic E-state index is 12.9. The number of amides is 1. The maximum absolute atomic E-state index is 12.9. The summed E-state index contributed by atoms with van der Waals surface area (Å²) in [6.45, 7) is 5.91. The number of carbonyl (C=O) groups is 1. The summed E-state index contributed by atoms with van der Waals surface area (Å²) in [5.41, 5.74) is 2.21. The third-order valence-corrected chi connectivity index (χ3v) is 5.02. The van der Waals surface area contributed by atoms with Crippen molar-refractivity contribution in [3.05, 3.63) is 71.8 Å². The van der Waals surface area contributed by atoms with Crippen LogP contribution in [0, 0.1) is 0 Å². The molecule has 0 aliphatic carbocycles. The first-order valence-electron chi connectivity index (χ1n) is 8.98. The zero-order valence-corrected chi connectivity index (χ0v) is 15.1. The van der Waals surface area contributed by atoms with Crippen molar-refractivity contribution in [1.82, 2.24) is 15.1 Å². The van der Waals surface area contributed by atoms with Crippen molar-refractivity contribution >= 4 is 5.91 Å². The van der Waals surface area contributed by atoms with Gasteiger partial charge in [-0.05, 0) is 25.1 Å². The molecule has 25 heavy (non-hydrogen) atoms. The highest BCUT2D eigenvalue weighted by molar-refractivity contribution is 5.82. The Hall–Kier alpha value is -2.17. The van der Waals surface area contributed by atoms with Crippen molar-refractivity contribution in [3.8, 4) is 0 Å². The molecule has 0 unspecified atom stereocenters. The van der Waals surface area contributed by atoms with Gasteiger partial charge >= 0.3 is 0 Å². The monoisotopic (exact) mass is 337 g/mol. The summed E-state index contributed by atoms with van der Waals surface area (Å²) < 4.78 is 0. The van der Waals surface area contributed by atoms with Gasteiger partial charge in [-0.3, -0.25) is 9.69 Å². The topological polar surface area (TPSA) is 35.6 Å². The fourth-order valence-electron chi connectivity index (χ4n) is 3.29. The largest absolute Gasteiger partial charge is 0.344 e. The minimum Gasteiger partial charge on any atom is -0.344 e. The Kier molecular flexibility index (Phi) is 5.84. The first kappa shape index (κ1) is 17.6. The van der Waals surface area contributed by atoms with E-state index in [1.54, 1.807) is 0 Å². The van der Waals surface area contributed by atoms with Crippen LogP contribution in [0.4, 0.5) is 0 Å². The number of hydrogen-bond acceptors (Lipinski definition) is 3. The molecule has 1 saturated heterocycles. The lowest BCUT2D eigenvalue weighted by Crippen LogP contribution is -2.53. The average molecular weight is 337 g/mol. The number of likely N-dealkylation sites (N-methyl/N-ethyl adjacent to an activating group) is 1. The zero-order valence-electron chi connectivity index (χ0n) is 15.1. The van der Waals surface area contributed by atoms with E-state index >= 15 is 0 Å². The molecule has 132 valence electrons.